The third-order valence-electron chi connectivity index (χ3n) is 6.29. The highest BCUT2D eigenvalue weighted by atomic mass is 79.9. The molecule has 0 spiro atoms. The quantitative estimate of drug-likeness (QED) is 0.386. The molecule has 0 bridgehead atoms. The molecule has 6 nitrogen and oxygen atoms in total. The molecule has 0 unspecified atom stereocenters. The average molecular weight is 492 g/mol. The maximum Gasteiger partial charge on any atom is 0.306 e. The van der Waals surface area contributed by atoms with Crippen LogP contribution in [0.3, 0.4) is 0 Å². The molecule has 0 saturated heterocycles. The SMILES string of the molecule is COC(=O)C[C@H](c1cccc(OCc2noc(Br)c2OCC2CC(C)(C)C2)c1)C1CC1. The summed E-state index contributed by atoms with van der Waals surface area (Å²) < 4.78 is 22.7. The first-order chi connectivity index (χ1) is 14.8. The summed E-state index contributed by atoms with van der Waals surface area (Å²) in [5.41, 5.74) is 2.16. The molecule has 0 aliphatic heterocycles. The van der Waals surface area contributed by atoms with Crippen molar-refractivity contribution in [2.45, 2.75) is 58.5 Å². The van der Waals surface area contributed by atoms with Crippen LogP contribution < -0.4 is 9.47 Å². The normalized spacial score (nSPS) is 18.8. The first-order valence-corrected chi connectivity index (χ1v) is 11.7. The van der Waals surface area contributed by atoms with Gasteiger partial charge in [-0.15, -0.1) is 0 Å². The van der Waals surface area contributed by atoms with Crippen LogP contribution in [-0.2, 0) is 16.1 Å². The van der Waals surface area contributed by atoms with E-state index in [4.69, 9.17) is 18.7 Å². The maximum atomic E-state index is 11.8. The molecule has 31 heavy (non-hydrogen) atoms. The lowest BCUT2D eigenvalue weighted by Gasteiger charge is -2.42. The number of rotatable bonds is 10. The molecule has 1 atom stereocenters. The molecule has 2 fully saturated rings. The first-order valence-electron chi connectivity index (χ1n) is 10.9. The summed E-state index contributed by atoms with van der Waals surface area (Å²) in [5, 5.41) is 4.09. The van der Waals surface area contributed by atoms with Gasteiger partial charge < -0.3 is 18.7 Å². The Kier molecular flexibility index (Phi) is 6.60. The molecular formula is C24H30BrNO5. The molecule has 2 aliphatic rings. The first kappa shape index (κ1) is 22.2. The van der Waals surface area contributed by atoms with E-state index in [0.29, 0.717) is 46.4 Å². The number of halogens is 1. The molecule has 0 amide bonds. The van der Waals surface area contributed by atoms with Crippen LogP contribution in [0.15, 0.2) is 33.5 Å². The Hall–Kier alpha value is -2.02. The molecule has 2 aliphatic carbocycles. The molecule has 0 radical (unpaired) electrons. The molecule has 2 saturated carbocycles. The van der Waals surface area contributed by atoms with Crippen molar-refractivity contribution in [2.24, 2.45) is 17.3 Å². The topological polar surface area (TPSA) is 70.8 Å². The van der Waals surface area contributed by atoms with Crippen molar-refractivity contribution in [2.75, 3.05) is 13.7 Å². The van der Waals surface area contributed by atoms with Crippen molar-refractivity contribution < 1.29 is 23.5 Å². The number of nitrogens with zero attached hydrogens (tertiary/aromatic N) is 1. The van der Waals surface area contributed by atoms with Gasteiger partial charge in [-0.05, 0) is 82.5 Å². The number of hydrogen-bond donors (Lipinski definition) is 0. The Bertz CT molecular complexity index is 912. The lowest BCUT2D eigenvalue weighted by Crippen LogP contribution is -2.35. The van der Waals surface area contributed by atoms with Gasteiger partial charge in [0, 0.05) is 0 Å². The van der Waals surface area contributed by atoms with Gasteiger partial charge in [-0.2, -0.15) is 0 Å². The second-order valence-electron chi connectivity index (χ2n) is 9.57. The minimum absolute atomic E-state index is 0.169. The van der Waals surface area contributed by atoms with Crippen molar-refractivity contribution in [1.29, 1.82) is 0 Å². The molecule has 168 valence electrons. The Balaban J connectivity index is 1.37. The number of esters is 1. The molecule has 4 rings (SSSR count). The van der Waals surface area contributed by atoms with E-state index in [2.05, 4.69) is 41.0 Å². The van der Waals surface area contributed by atoms with Crippen LogP contribution in [0.5, 0.6) is 11.5 Å². The minimum atomic E-state index is -0.174. The van der Waals surface area contributed by atoms with Crippen molar-refractivity contribution in [3.05, 3.63) is 40.2 Å². The fraction of sp³-hybridized carbons (Fsp3) is 0.583. The van der Waals surface area contributed by atoms with E-state index in [1.165, 1.54) is 20.0 Å². The van der Waals surface area contributed by atoms with Crippen LogP contribution in [-0.4, -0.2) is 24.8 Å². The summed E-state index contributed by atoms with van der Waals surface area (Å²) in [6.45, 7) is 5.47. The second kappa shape index (κ2) is 9.23. The average Bonchev–Trinajstić information content (AvgIpc) is 3.51. The van der Waals surface area contributed by atoms with Gasteiger partial charge in [-0.3, -0.25) is 4.79 Å². The lowest BCUT2D eigenvalue weighted by atomic mass is 9.65. The number of hydrogen-bond acceptors (Lipinski definition) is 6. The number of methoxy groups -OCH3 is 1. The second-order valence-corrected chi connectivity index (χ2v) is 10.3. The molecule has 0 N–H and O–H groups in total. The summed E-state index contributed by atoms with van der Waals surface area (Å²) in [6, 6.07) is 7.95. The Morgan fingerprint density at radius 2 is 2.06 bits per heavy atom. The third kappa shape index (κ3) is 5.62. The van der Waals surface area contributed by atoms with Crippen molar-refractivity contribution >= 4 is 21.9 Å². The van der Waals surface area contributed by atoms with Crippen LogP contribution >= 0.6 is 15.9 Å². The maximum absolute atomic E-state index is 11.8. The van der Waals surface area contributed by atoms with Crippen molar-refractivity contribution in [3.63, 3.8) is 0 Å². The zero-order valence-electron chi connectivity index (χ0n) is 18.4. The van der Waals surface area contributed by atoms with Gasteiger partial charge in [0.15, 0.2) is 5.69 Å². The predicted octanol–water partition coefficient (Wildman–Crippen LogP) is 5.89. The highest BCUT2D eigenvalue weighted by Gasteiger charge is 2.37. The van der Waals surface area contributed by atoms with Crippen LogP contribution in [0.2, 0.25) is 0 Å². The number of carbonyl (C=O) groups excluding carboxylic acids is 1. The Morgan fingerprint density at radius 3 is 2.74 bits per heavy atom. The summed E-state index contributed by atoms with van der Waals surface area (Å²) in [5.74, 6) is 2.45. The van der Waals surface area contributed by atoms with E-state index in [-0.39, 0.29) is 18.5 Å². The number of benzene rings is 1. The van der Waals surface area contributed by atoms with Gasteiger partial charge in [0.1, 0.15) is 12.4 Å². The van der Waals surface area contributed by atoms with Gasteiger partial charge in [0.05, 0.1) is 20.1 Å². The van der Waals surface area contributed by atoms with E-state index in [9.17, 15) is 4.79 Å². The van der Waals surface area contributed by atoms with Gasteiger partial charge in [0.2, 0.25) is 10.4 Å². The Labute approximate surface area is 191 Å². The molecule has 1 aromatic heterocycles. The standard InChI is InChI=1S/C24H30BrNO5/c1-24(2)11-15(12-24)13-30-22-20(26-31-23(22)25)14-29-18-6-4-5-17(9-18)19(16-7-8-16)10-21(27)28-3/h4-6,9,15-16,19H,7-8,10-14H2,1-3H3/t19-/m0/s1. The minimum Gasteiger partial charge on any atom is -0.487 e. The predicted molar refractivity (Wildman–Crippen MR) is 119 cm³/mol. The molecule has 7 heteroatoms. The van der Waals surface area contributed by atoms with Crippen LogP contribution in [0.4, 0.5) is 0 Å². The monoisotopic (exact) mass is 491 g/mol. The van der Waals surface area contributed by atoms with Crippen LogP contribution in [0, 0.1) is 17.3 Å². The highest BCUT2D eigenvalue weighted by Crippen LogP contribution is 2.46. The van der Waals surface area contributed by atoms with Crippen LogP contribution in [0.25, 0.3) is 0 Å². The van der Waals surface area contributed by atoms with Gasteiger partial charge in [-0.1, -0.05) is 31.1 Å². The number of aromatic nitrogens is 1. The summed E-state index contributed by atoms with van der Waals surface area (Å²) >= 11 is 3.39. The lowest BCUT2D eigenvalue weighted by molar-refractivity contribution is -0.141. The smallest absolute Gasteiger partial charge is 0.306 e. The third-order valence-corrected chi connectivity index (χ3v) is 6.79. The van der Waals surface area contributed by atoms with Gasteiger partial charge in [0.25, 0.3) is 0 Å². The van der Waals surface area contributed by atoms with E-state index in [0.717, 1.165) is 24.2 Å². The highest BCUT2D eigenvalue weighted by molar-refractivity contribution is 9.10. The number of ether oxygens (including phenoxy) is 3. The van der Waals surface area contributed by atoms with Gasteiger partial charge >= 0.3 is 5.97 Å². The molecule has 1 aromatic carbocycles. The fourth-order valence-electron chi connectivity index (χ4n) is 4.65. The largest absolute Gasteiger partial charge is 0.487 e. The zero-order chi connectivity index (χ0) is 22.0. The van der Waals surface area contributed by atoms with E-state index >= 15 is 0 Å². The zero-order valence-corrected chi connectivity index (χ0v) is 19.9. The van der Waals surface area contributed by atoms with E-state index < -0.39 is 0 Å². The summed E-state index contributed by atoms with van der Waals surface area (Å²) in [6.07, 6.45) is 5.04. The van der Waals surface area contributed by atoms with E-state index in [1.54, 1.807) is 0 Å². The van der Waals surface area contributed by atoms with Gasteiger partial charge in [-0.25, -0.2) is 0 Å². The number of carbonyl (C=O) groups is 1. The molecule has 1 heterocycles. The Morgan fingerprint density at radius 1 is 1.29 bits per heavy atom. The fourth-order valence-corrected chi connectivity index (χ4v) is 5.07. The summed E-state index contributed by atoms with van der Waals surface area (Å²) in [7, 11) is 1.44. The molecular weight excluding hydrogens is 462 g/mol. The molecule has 2 aromatic rings. The van der Waals surface area contributed by atoms with Crippen molar-refractivity contribution in [1.82, 2.24) is 5.16 Å². The van der Waals surface area contributed by atoms with Crippen molar-refractivity contribution in [3.8, 4) is 11.5 Å². The van der Waals surface area contributed by atoms with E-state index in [1.807, 2.05) is 18.2 Å². The summed E-state index contributed by atoms with van der Waals surface area (Å²) in [4.78, 5) is 11.8. The van der Waals surface area contributed by atoms with Crippen LogP contribution in [0.1, 0.15) is 63.1 Å².